The summed E-state index contributed by atoms with van der Waals surface area (Å²) in [7, 11) is 0. The molecule has 5 heteroatoms. The van der Waals surface area contributed by atoms with E-state index in [1.807, 2.05) is 91.0 Å². The van der Waals surface area contributed by atoms with Crippen molar-refractivity contribution in [3.63, 3.8) is 0 Å². The molecule has 0 aromatic heterocycles. The molecule has 4 unspecified atom stereocenters. The molecule has 0 saturated carbocycles. The molecular formula is C26H27FO4. The van der Waals surface area contributed by atoms with Crippen molar-refractivity contribution < 1.29 is 23.3 Å². The molecule has 0 bridgehead atoms. The van der Waals surface area contributed by atoms with Crippen LogP contribution < -0.4 is 0 Å². The summed E-state index contributed by atoms with van der Waals surface area (Å²) in [6.45, 7) is 1.23. The van der Waals surface area contributed by atoms with Gasteiger partial charge in [0.1, 0.15) is 12.2 Å². The van der Waals surface area contributed by atoms with Crippen LogP contribution in [0.1, 0.15) is 16.7 Å². The van der Waals surface area contributed by atoms with E-state index in [0.29, 0.717) is 13.2 Å². The molecule has 4 rings (SSSR count). The van der Waals surface area contributed by atoms with Crippen molar-refractivity contribution in [3.8, 4) is 0 Å². The second kappa shape index (κ2) is 11.2. The molecule has 1 fully saturated rings. The average Bonchev–Trinajstić information content (AvgIpc) is 3.12. The molecule has 4 nitrogen and oxygen atoms in total. The SMILES string of the molecule is FC1C(OCc2ccccc2)OC(COCc2ccccc2)C1OCc1ccccc1. The minimum absolute atomic E-state index is 0.222. The number of benzene rings is 3. The zero-order valence-corrected chi connectivity index (χ0v) is 17.3. The van der Waals surface area contributed by atoms with Gasteiger partial charge < -0.3 is 18.9 Å². The minimum Gasteiger partial charge on any atom is -0.374 e. The monoisotopic (exact) mass is 422 g/mol. The van der Waals surface area contributed by atoms with Crippen molar-refractivity contribution in [1.82, 2.24) is 0 Å². The Morgan fingerprint density at radius 2 is 1.13 bits per heavy atom. The van der Waals surface area contributed by atoms with E-state index in [4.69, 9.17) is 18.9 Å². The molecule has 3 aromatic rings. The van der Waals surface area contributed by atoms with E-state index in [0.717, 1.165) is 16.7 Å². The van der Waals surface area contributed by atoms with Gasteiger partial charge in [-0.2, -0.15) is 0 Å². The van der Waals surface area contributed by atoms with Crippen LogP contribution in [0.25, 0.3) is 0 Å². The fourth-order valence-electron chi connectivity index (χ4n) is 3.54. The Kier molecular flexibility index (Phi) is 7.80. The van der Waals surface area contributed by atoms with E-state index in [-0.39, 0.29) is 13.2 Å². The first-order chi connectivity index (χ1) is 15.3. The standard InChI is InChI=1S/C26H27FO4/c27-24-25(29-17-21-12-6-2-7-13-21)23(19-28-16-20-10-4-1-5-11-20)31-26(24)30-18-22-14-8-3-9-15-22/h1-15,23-26H,16-19H2. The summed E-state index contributed by atoms with van der Waals surface area (Å²) in [6.07, 6.45) is -3.72. The third-order valence-corrected chi connectivity index (χ3v) is 5.19. The Morgan fingerprint density at radius 1 is 0.645 bits per heavy atom. The summed E-state index contributed by atoms with van der Waals surface area (Å²) in [5.41, 5.74) is 2.99. The predicted molar refractivity (Wildman–Crippen MR) is 116 cm³/mol. The molecule has 0 amide bonds. The molecule has 31 heavy (non-hydrogen) atoms. The molecule has 1 heterocycles. The van der Waals surface area contributed by atoms with Gasteiger partial charge in [0.05, 0.1) is 26.4 Å². The molecule has 0 radical (unpaired) electrons. The van der Waals surface area contributed by atoms with Crippen LogP contribution in [-0.2, 0) is 38.8 Å². The number of hydrogen-bond acceptors (Lipinski definition) is 4. The van der Waals surface area contributed by atoms with Crippen molar-refractivity contribution in [1.29, 1.82) is 0 Å². The van der Waals surface area contributed by atoms with Gasteiger partial charge in [-0.05, 0) is 16.7 Å². The second-order valence-corrected chi connectivity index (χ2v) is 7.55. The van der Waals surface area contributed by atoms with Gasteiger partial charge in [-0.15, -0.1) is 0 Å². The first kappa shape index (κ1) is 21.7. The average molecular weight is 422 g/mol. The molecule has 0 spiro atoms. The van der Waals surface area contributed by atoms with Gasteiger partial charge in [0.2, 0.25) is 0 Å². The largest absolute Gasteiger partial charge is 0.374 e. The van der Waals surface area contributed by atoms with Crippen molar-refractivity contribution >= 4 is 0 Å². The molecule has 1 aliphatic heterocycles. The van der Waals surface area contributed by atoms with Gasteiger partial charge in [-0.1, -0.05) is 91.0 Å². The lowest BCUT2D eigenvalue weighted by Crippen LogP contribution is -2.35. The highest BCUT2D eigenvalue weighted by atomic mass is 19.1. The first-order valence-electron chi connectivity index (χ1n) is 10.5. The number of ether oxygens (including phenoxy) is 4. The first-order valence-corrected chi connectivity index (χ1v) is 10.5. The van der Waals surface area contributed by atoms with Crippen LogP contribution in [0, 0.1) is 0 Å². The lowest BCUT2D eigenvalue weighted by molar-refractivity contribution is -0.168. The number of rotatable bonds is 10. The normalized spacial score (nSPS) is 23.1. The Morgan fingerprint density at radius 3 is 1.68 bits per heavy atom. The van der Waals surface area contributed by atoms with Crippen LogP contribution in [0.15, 0.2) is 91.0 Å². The Bertz CT molecular complexity index is 891. The minimum atomic E-state index is -1.40. The smallest absolute Gasteiger partial charge is 0.192 e. The van der Waals surface area contributed by atoms with Crippen LogP contribution in [-0.4, -0.2) is 31.3 Å². The summed E-state index contributed by atoms with van der Waals surface area (Å²) in [6, 6.07) is 29.2. The van der Waals surface area contributed by atoms with E-state index in [1.165, 1.54) is 0 Å². The molecule has 3 aromatic carbocycles. The van der Waals surface area contributed by atoms with E-state index in [9.17, 15) is 0 Å². The highest BCUT2D eigenvalue weighted by molar-refractivity contribution is 5.15. The zero-order chi connectivity index (χ0) is 21.3. The fraction of sp³-hybridized carbons (Fsp3) is 0.308. The van der Waals surface area contributed by atoms with Crippen molar-refractivity contribution in [2.24, 2.45) is 0 Å². The molecule has 1 saturated heterocycles. The van der Waals surface area contributed by atoms with Crippen LogP contribution in [0.2, 0.25) is 0 Å². The van der Waals surface area contributed by atoms with Gasteiger partial charge >= 0.3 is 0 Å². The van der Waals surface area contributed by atoms with E-state index < -0.39 is 24.7 Å². The van der Waals surface area contributed by atoms with Gasteiger partial charge in [-0.3, -0.25) is 0 Å². The summed E-state index contributed by atoms with van der Waals surface area (Å²) >= 11 is 0. The molecule has 0 aliphatic carbocycles. The van der Waals surface area contributed by atoms with Crippen LogP contribution in [0.4, 0.5) is 4.39 Å². The number of alkyl halides is 1. The third kappa shape index (κ3) is 6.21. The van der Waals surface area contributed by atoms with Gasteiger partial charge in [0.15, 0.2) is 12.5 Å². The van der Waals surface area contributed by atoms with E-state index in [1.54, 1.807) is 0 Å². The second-order valence-electron chi connectivity index (χ2n) is 7.55. The quantitative estimate of drug-likeness (QED) is 0.457. The highest BCUT2D eigenvalue weighted by Gasteiger charge is 2.46. The molecular weight excluding hydrogens is 395 g/mol. The Hall–Kier alpha value is -2.57. The van der Waals surface area contributed by atoms with Crippen LogP contribution in [0.5, 0.6) is 0 Å². The van der Waals surface area contributed by atoms with Crippen molar-refractivity contribution in [3.05, 3.63) is 108 Å². The summed E-state index contributed by atoms with van der Waals surface area (Å²) in [4.78, 5) is 0. The zero-order valence-electron chi connectivity index (χ0n) is 17.3. The lowest BCUT2D eigenvalue weighted by atomic mass is 10.1. The van der Waals surface area contributed by atoms with Gasteiger partial charge in [-0.25, -0.2) is 4.39 Å². The number of hydrogen-bond donors (Lipinski definition) is 0. The maximum Gasteiger partial charge on any atom is 0.192 e. The maximum atomic E-state index is 15.2. The number of halogens is 1. The summed E-state index contributed by atoms with van der Waals surface area (Å²) in [5, 5.41) is 0. The maximum absolute atomic E-state index is 15.2. The molecule has 1 aliphatic rings. The van der Waals surface area contributed by atoms with E-state index >= 15 is 4.39 Å². The molecule has 0 N–H and O–H groups in total. The highest BCUT2D eigenvalue weighted by Crippen LogP contribution is 2.29. The topological polar surface area (TPSA) is 36.9 Å². The predicted octanol–water partition coefficient (Wildman–Crippen LogP) is 5.07. The fourth-order valence-corrected chi connectivity index (χ4v) is 3.54. The van der Waals surface area contributed by atoms with Gasteiger partial charge in [0.25, 0.3) is 0 Å². The van der Waals surface area contributed by atoms with Crippen molar-refractivity contribution in [2.45, 2.75) is 44.5 Å². The van der Waals surface area contributed by atoms with Gasteiger partial charge in [0, 0.05) is 0 Å². The Balaban J connectivity index is 1.36. The van der Waals surface area contributed by atoms with Crippen molar-refractivity contribution in [2.75, 3.05) is 6.61 Å². The lowest BCUT2D eigenvalue weighted by Gasteiger charge is -2.20. The molecule has 162 valence electrons. The third-order valence-electron chi connectivity index (χ3n) is 5.19. The summed E-state index contributed by atoms with van der Waals surface area (Å²) < 4.78 is 38.6. The Labute approximate surface area is 182 Å². The van der Waals surface area contributed by atoms with E-state index in [2.05, 4.69) is 0 Å². The van der Waals surface area contributed by atoms with Crippen LogP contribution >= 0.6 is 0 Å². The van der Waals surface area contributed by atoms with Crippen LogP contribution in [0.3, 0.4) is 0 Å². The molecule has 4 atom stereocenters. The summed E-state index contributed by atoms with van der Waals surface area (Å²) in [5.74, 6) is 0.